The molecule has 0 nitrogen and oxygen atoms in total. The van der Waals surface area contributed by atoms with Gasteiger partial charge in [0.1, 0.15) is 0 Å². The molecule has 0 amide bonds. The van der Waals surface area contributed by atoms with Gasteiger partial charge in [-0.25, -0.2) is 0 Å². The molecular formula is C16H34. The molecule has 0 radical (unpaired) electrons. The summed E-state index contributed by atoms with van der Waals surface area (Å²) >= 11 is 0. The van der Waals surface area contributed by atoms with E-state index in [4.69, 9.17) is 0 Å². The van der Waals surface area contributed by atoms with Crippen LogP contribution in [0.1, 0.15) is 74.7 Å². The molecule has 0 heterocycles. The molecule has 0 aliphatic carbocycles. The van der Waals surface area contributed by atoms with E-state index in [0.29, 0.717) is 5.41 Å². The van der Waals surface area contributed by atoms with Gasteiger partial charge in [-0.05, 0) is 41.9 Å². The Morgan fingerprint density at radius 1 is 0.812 bits per heavy atom. The van der Waals surface area contributed by atoms with Crippen LogP contribution in [0.4, 0.5) is 0 Å². The molecular weight excluding hydrogens is 192 g/mol. The third kappa shape index (κ3) is 5.92. The lowest BCUT2D eigenvalue weighted by atomic mass is 9.71. The van der Waals surface area contributed by atoms with Crippen molar-refractivity contribution in [1.82, 2.24) is 0 Å². The highest BCUT2D eigenvalue weighted by Gasteiger charge is 2.26. The van der Waals surface area contributed by atoms with Crippen molar-refractivity contribution in [2.24, 2.45) is 29.1 Å². The van der Waals surface area contributed by atoms with Gasteiger partial charge in [0.2, 0.25) is 0 Å². The predicted octanol–water partition coefficient (Wildman–Crippen LogP) is 5.77. The molecule has 0 spiro atoms. The first-order valence-corrected chi connectivity index (χ1v) is 7.16. The lowest BCUT2D eigenvalue weighted by Crippen LogP contribution is -2.24. The van der Waals surface area contributed by atoms with E-state index in [0.717, 1.165) is 23.7 Å². The Bertz CT molecular complexity index is 176. The number of hydrogen-bond donors (Lipinski definition) is 0. The average Bonchev–Trinajstić information content (AvgIpc) is 2.10. The fraction of sp³-hybridized carbons (Fsp3) is 1.00. The van der Waals surface area contributed by atoms with Crippen molar-refractivity contribution in [2.45, 2.75) is 74.7 Å². The van der Waals surface area contributed by atoms with Crippen LogP contribution in [0, 0.1) is 29.1 Å². The Morgan fingerprint density at radius 2 is 1.31 bits per heavy atom. The second-order valence-corrected chi connectivity index (χ2v) is 7.29. The fourth-order valence-electron chi connectivity index (χ4n) is 2.49. The molecule has 0 aliphatic rings. The Labute approximate surface area is 104 Å². The SMILES string of the molecule is CC(C)CC(C)(C)C(C)CCC(C)C(C)C. The van der Waals surface area contributed by atoms with Crippen LogP contribution < -0.4 is 0 Å². The first kappa shape index (κ1) is 16.0. The van der Waals surface area contributed by atoms with Gasteiger partial charge in [-0.15, -0.1) is 0 Å². The maximum Gasteiger partial charge on any atom is -0.0326 e. The quantitative estimate of drug-likeness (QED) is 0.517. The van der Waals surface area contributed by atoms with Crippen molar-refractivity contribution in [3.8, 4) is 0 Å². The zero-order valence-corrected chi connectivity index (χ0v) is 12.9. The Hall–Kier alpha value is 0. The second-order valence-electron chi connectivity index (χ2n) is 7.29. The van der Waals surface area contributed by atoms with Crippen molar-refractivity contribution in [3.05, 3.63) is 0 Å². The van der Waals surface area contributed by atoms with Crippen molar-refractivity contribution in [3.63, 3.8) is 0 Å². The molecule has 0 bridgehead atoms. The van der Waals surface area contributed by atoms with Gasteiger partial charge in [-0.1, -0.05) is 61.8 Å². The summed E-state index contributed by atoms with van der Waals surface area (Å²) < 4.78 is 0. The van der Waals surface area contributed by atoms with E-state index >= 15 is 0 Å². The number of hydrogen-bond acceptors (Lipinski definition) is 0. The van der Waals surface area contributed by atoms with Crippen LogP contribution in [0.25, 0.3) is 0 Å². The Kier molecular flexibility index (Phi) is 6.67. The van der Waals surface area contributed by atoms with E-state index in [1.54, 1.807) is 0 Å². The molecule has 0 saturated carbocycles. The maximum atomic E-state index is 2.44. The molecule has 0 N–H and O–H groups in total. The largest absolute Gasteiger partial charge is 0.0628 e. The van der Waals surface area contributed by atoms with Gasteiger partial charge < -0.3 is 0 Å². The van der Waals surface area contributed by atoms with E-state index in [9.17, 15) is 0 Å². The van der Waals surface area contributed by atoms with Crippen LogP contribution in [0.2, 0.25) is 0 Å². The summed E-state index contributed by atoms with van der Waals surface area (Å²) in [5.41, 5.74) is 0.505. The summed E-state index contributed by atoms with van der Waals surface area (Å²) in [6.45, 7) is 19.1. The van der Waals surface area contributed by atoms with Crippen LogP contribution in [0.15, 0.2) is 0 Å². The highest BCUT2D eigenvalue weighted by molar-refractivity contribution is 4.77. The Balaban J connectivity index is 4.09. The second kappa shape index (κ2) is 6.67. The minimum Gasteiger partial charge on any atom is -0.0628 e. The van der Waals surface area contributed by atoms with Crippen molar-refractivity contribution in [1.29, 1.82) is 0 Å². The molecule has 0 aromatic rings. The van der Waals surface area contributed by atoms with E-state index in [-0.39, 0.29) is 0 Å². The smallest absolute Gasteiger partial charge is 0.0326 e. The summed E-state index contributed by atoms with van der Waals surface area (Å²) in [7, 11) is 0. The van der Waals surface area contributed by atoms with Gasteiger partial charge in [0.05, 0.1) is 0 Å². The lowest BCUT2D eigenvalue weighted by molar-refractivity contribution is 0.163. The predicted molar refractivity (Wildman–Crippen MR) is 75.6 cm³/mol. The van der Waals surface area contributed by atoms with Crippen molar-refractivity contribution in [2.75, 3.05) is 0 Å². The summed E-state index contributed by atoms with van der Waals surface area (Å²) in [5.74, 6) is 3.37. The molecule has 98 valence electrons. The molecule has 2 atom stereocenters. The molecule has 0 fully saturated rings. The summed E-state index contributed by atoms with van der Waals surface area (Å²) in [6.07, 6.45) is 4.13. The summed E-state index contributed by atoms with van der Waals surface area (Å²) in [6, 6.07) is 0. The lowest BCUT2D eigenvalue weighted by Gasteiger charge is -2.34. The van der Waals surface area contributed by atoms with Crippen LogP contribution in [0.5, 0.6) is 0 Å². The highest BCUT2D eigenvalue weighted by atomic mass is 14.3. The van der Waals surface area contributed by atoms with E-state index in [1.807, 2.05) is 0 Å². The first-order valence-electron chi connectivity index (χ1n) is 7.16. The van der Waals surface area contributed by atoms with Crippen molar-refractivity contribution >= 4 is 0 Å². The van der Waals surface area contributed by atoms with E-state index in [1.165, 1.54) is 19.3 Å². The third-order valence-corrected chi connectivity index (χ3v) is 4.46. The topological polar surface area (TPSA) is 0 Å². The Morgan fingerprint density at radius 3 is 1.69 bits per heavy atom. The third-order valence-electron chi connectivity index (χ3n) is 4.46. The fourth-order valence-corrected chi connectivity index (χ4v) is 2.49. The molecule has 0 heteroatoms. The summed E-state index contributed by atoms with van der Waals surface area (Å²) in [5, 5.41) is 0. The van der Waals surface area contributed by atoms with Crippen LogP contribution in [-0.2, 0) is 0 Å². The van der Waals surface area contributed by atoms with Gasteiger partial charge in [0.25, 0.3) is 0 Å². The van der Waals surface area contributed by atoms with Gasteiger partial charge >= 0.3 is 0 Å². The zero-order valence-electron chi connectivity index (χ0n) is 12.9. The molecule has 2 unspecified atom stereocenters. The van der Waals surface area contributed by atoms with E-state index < -0.39 is 0 Å². The first-order chi connectivity index (χ1) is 7.16. The molecule has 0 aliphatic heterocycles. The highest BCUT2D eigenvalue weighted by Crippen LogP contribution is 2.37. The summed E-state index contributed by atoms with van der Waals surface area (Å²) in [4.78, 5) is 0. The number of rotatable bonds is 7. The van der Waals surface area contributed by atoms with Crippen molar-refractivity contribution < 1.29 is 0 Å². The molecule has 0 rings (SSSR count). The van der Waals surface area contributed by atoms with Gasteiger partial charge in [0, 0.05) is 0 Å². The van der Waals surface area contributed by atoms with E-state index in [2.05, 4.69) is 55.4 Å². The minimum absolute atomic E-state index is 0.505. The molecule has 0 aromatic carbocycles. The molecule has 0 saturated heterocycles. The molecule has 16 heavy (non-hydrogen) atoms. The van der Waals surface area contributed by atoms with Crippen LogP contribution in [-0.4, -0.2) is 0 Å². The normalized spacial score (nSPS) is 16.9. The van der Waals surface area contributed by atoms with Gasteiger partial charge in [-0.2, -0.15) is 0 Å². The van der Waals surface area contributed by atoms with Gasteiger partial charge in [-0.3, -0.25) is 0 Å². The van der Waals surface area contributed by atoms with Crippen LogP contribution >= 0.6 is 0 Å². The average molecular weight is 226 g/mol. The molecule has 0 aromatic heterocycles. The standard InChI is InChI=1S/C16H34/c1-12(2)11-16(7,8)15(6)10-9-14(5)13(3)4/h12-15H,9-11H2,1-8H3. The zero-order chi connectivity index (χ0) is 12.9. The maximum absolute atomic E-state index is 2.44. The monoisotopic (exact) mass is 226 g/mol. The van der Waals surface area contributed by atoms with Crippen LogP contribution in [0.3, 0.4) is 0 Å². The minimum atomic E-state index is 0.505. The van der Waals surface area contributed by atoms with Gasteiger partial charge in [0.15, 0.2) is 0 Å².